The van der Waals surface area contributed by atoms with Gasteiger partial charge in [0, 0.05) is 34.2 Å². The molecule has 0 spiro atoms. The number of rotatable bonds is 3. The van der Waals surface area contributed by atoms with E-state index in [1.165, 1.54) is 12.1 Å². The van der Waals surface area contributed by atoms with Gasteiger partial charge >= 0.3 is 0 Å². The van der Waals surface area contributed by atoms with Crippen molar-refractivity contribution in [3.8, 4) is 0 Å². The number of non-ortho nitro benzene ring substituents is 1. The number of nitro groups is 1. The molecule has 0 unspecified atom stereocenters. The molecular formula is C13H12ClN3O2. The van der Waals surface area contributed by atoms with Gasteiger partial charge in [0.05, 0.1) is 4.92 Å². The third kappa shape index (κ3) is 3.14. The molecule has 0 saturated heterocycles. The SMILES string of the molecule is Cc1ccc(Nc2cc(N)cc([N+](=O)[O-])c2)cc1Cl. The van der Waals surface area contributed by atoms with Crippen LogP contribution in [0.1, 0.15) is 5.56 Å². The Labute approximate surface area is 115 Å². The highest BCUT2D eigenvalue weighted by atomic mass is 35.5. The van der Waals surface area contributed by atoms with Gasteiger partial charge in [-0.2, -0.15) is 0 Å². The second-order valence-electron chi connectivity index (χ2n) is 4.16. The summed E-state index contributed by atoms with van der Waals surface area (Å²) in [6.07, 6.45) is 0. The Morgan fingerprint density at radius 1 is 1.21 bits per heavy atom. The Balaban J connectivity index is 2.32. The third-order valence-corrected chi connectivity index (χ3v) is 3.02. The summed E-state index contributed by atoms with van der Waals surface area (Å²) >= 11 is 6.02. The second kappa shape index (κ2) is 5.16. The van der Waals surface area contributed by atoms with Gasteiger partial charge in [0.2, 0.25) is 0 Å². The summed E-state index contributed by atoms with van der Waals surface area (Å²) < 4.78 is 0. The first-order valence-corrected chi connectivity index (χ1v) is 5.91. The molecule has 6 heteroatoms. The van der Waals surface area contributed by atoms with Gasteiger partial charge < -0.3 is 11.1 Å². The van der Waals surface area contributed by atoms with Crippen LogP contribution in [0.5, 0.6) is 0 Å². The van der Waals surface area contributed by atoms with E-state index in [1.54, 1.807) is 12.1 Å². The maximum Gasteiger partial charge on any atom is 0.273 e. The first-order valence-electron chi connectivity index (χ1n) is 5.54. The number of nitrogens with two attached hydrogens (primary N) is 1. The number of nitro benzene ring substituents is 1. The fourth-order valence-electron chi connectivity index (χ4n) is 1.65. The van der Waals surface area contributed by atoms with E-state index in [0.717, 1.165) is 11.3 Å². The molecule has 0 saturated carbocycles. The summed E-state index contributed by atoms with van der Waals surface area (Å²) in [5, 5.41) is 14.4. The minimum Gasteiger partial charge on any atom is -0.398 e. The molecule has 2 aromatic rings. The van der Waals surface area contributed by atoms with Gasteiger partial charge in [-0.3, -0.25) is 10.1 Å². The van der Waals surface area contributed by atoms with E-state index in [-0.39, 0.29) is 5.69 Å². The molecule has 0 fully saturated rings. The number of halogens is 1. The molecule has 0 heterocycles. The van der Waals surface area contributed by atoms with E-state index in [9.17, 15) is 10.1 Å². The number of nitrogen functional groups attached to an aromatic ring is 1. The van der Waals surface area contributed by atoms with Crippen molar-refractivity contribution in [2.45, 2.75) is 6.92 Å². The molecule has 3 N–H and O–H groups in total. The monoisotopic (exact) mass is 277 g/mol. The zero-order valence-corrected chi connectivity index (χ0v) is 10.9. The molecule has 5 nitrogen and oxygen atoms in total. The van der Waals surface area contributed by atoms with Crippen molar-refractivity contribution in [2.24, 2.45) is 0 Å². The zero-order valence-electron chi connectivity index (χ0n) is 10.2. The summed E-state index contributed by atoms with van der Waals surface area (Å²) in [6, 6.07) is 9.83. The molecule has 0 aliphatic carbocycles. The Morgan fingerprint density at radius 2 is 1.95 bits per heavy atom. The fraction of sp³-hybridized carbons (Fsp3) is 0.0769. The van der Waals surface area contributed by atoms with Crippen molar-refractivity contribution < 1.29 is 4.92 Å². The molecule has 0 bridgehead atoms. The summed E-state index contributed by atoms with van der Waals surface area (Å²) in [5.41, 5.74) is 8.17. The van der Waals surface area contributed by atoms with E-state index >= 15 is 0 Å². The maximum absolute atomic E-state index is 10.8. The van der Waals surface area contributed by atoms with Crippen LogP contribution >= 0.6 is 11.6 Å². The average Bonchev–Trinajstić information content (AvgIpc) is 2.33. The lowest BCUT2D eigenvalue weighted by molar-refractivity contribution is -0.384. The summed E-state index contributed by atoms with van der Waals surface area (Å²) in [7, 11) is 0. The molecule has 0 aliphatic rings. The summed E-state index contributed by atoms with van der Waals surface area (Å²) in [6.45, 7) is 1.90. The van der Waals surface area contributed by atoms with Crippen molar-refractivity contribution in [1.29, 1.82) is 0 Å². The number of hydrogen-bond acceptors (Lipinski definition) is 4. The van der Waals surface area contributed by atoms with Crippen LogP contribution < -0.4 is 11.1 Å². The Morgan fingerprint density at radius 3 is 2.58 bits per heavy atom. The van der Waals surface area contributed by atoms with Gasteiger partial charge in [0.15, 0.2) is 0 Å². The van der Waals surface area contributed by atoms with E-state index in [1.807, 2.05) is 19.1 Å². The predicted octanol–water partition coefficient (Wildman–Crippen LogP) is 3.88. The molecule has 2 aromatic carbocycles. The van der Waals surface area contributed by atoms with Crippen LogP contribution in [0.3, 0.4) is 0 Å². The van der Waals surface area contributed by atoms with E-state index < -0.39 is 4.92 Å². The highest BCUT2D eigenvalue weighted by Gasteiger charge is 2.08. The third-order valence-electron chi connectivity index (χ3n) is 2.61. The summed E-state index contributed by atoms with van der Waals surface area (Å²) in [5.74, 6) is 0. The molecule has 0 amide bonds. The normalized spacial score (nSPS) is 10.2. The lowest BCUT2D eigenvalue weighted by Gasteiger charge is -2.08. The molecule has 0 radical (unpaired) electrons. The van der Waals surface area contributed by atoms with Crippen molar-refractivity contribution >= 4 is 34.4 Å². The number of anilines is 3. The Hall–Kier alpha value is -2.27. The van der Waals surface area contributed by atoms with Gasteiger partial charge in [-0.15, -0.1) is 0 Å². The highest BCUT2D eigenvalue weighted by molar-refractivity contribution is 6.31. The van der Waals surface area contributed by atoms with Crippen molar-refractivity contribution in [1.82, 2.24) is 0 Å². The van der Waals surface area contributed by atoms with Gasteiger partial charge in [-0.1, -0.05) is 17.7 Å². The van der Waals surface area contributed by atoms with E-state index in [0.29, 0.717) is 16.4 Å². The first kappa shape index (κ1) is 13.2. The number of benzene rings is 2. The minimum absolute atomic E-state index is 0.0549. The molecule has 0 aromatic heterocycles. The average molecular weight is 278 g/mol. The summed E-state index contributed by atoms with van der Waals surface area (Å²) in [4.78, 5) is 10.3. The zero-order chi connectivity index (χ0) is 14.0. The van der Waals surface area contributed by atoms with Gasteiger partial charge in [0.1, 0.15) is 0 Å². The quantitative estimate of drug-likeness (QED) is 0.507. The second-order valence-corrected chi connectivity index (χ2v) is 4.57. The van der Waals surface area contributed by atoms with Crippen LogP contribution in [0.4, 0.5) is 22.7 Å². The van der Waals surface area contributed by atoms with Gasteiger partial charge in [-0.05, 0) is 30.7 Å². The Bertz CT molecular complexity index is 644. The van der Waals surface area contributed by atoms with Gasteiger partial charge in [-0.25, -0.2) is 0 Å². The van der Waals surface area contributed by atoms with Crippen LogP contribution in [-0.2, 0) is 0 Å². The number of nitrogens with one attached hydrogen (secondary N) is 1. The predicted molar refractivity (Wildman–Crippen MR) is 77.0 cm³/mol. The van der Waals surface area contributed by atoms with E-state index in [4.69, 9.17) is 17.3 Å². The molecule has 0 aliphatic heterocycles. The molecule has 19 heavy (non-hydrogen) atoms. The van der Waals surface area contributed by atoms with Crippen molar-refractivity contribution in [3.05, 3.63) is 57.1 Å². The van der Waals surface area contributed by atoms with Crippen LogP contribution in [-0.4, -0.2) is 4.92 Å². The number of nitrogens with zero attached hydrogens (tertiary/aromatic N) is 1. The standard InChI is InChI=1S/C13H12ClN3O2/c1-8-2-3-10(7-13(8)14)16-11-4-9(15)5-12(6-11)17(18)19/h2-7,16H,15H2,1H3. The lowest BCUT2D eigenvalue weighted by Crippen LogP contribution is -1.96. The largest absolute Gasteiger partial charge is 0.398 e. The lowest BCUT2D eigenvalue weighted by atomic mass is 10.2. The first-order chi connectivity index (χ1) is 8.95. The number of aryl methyl sites for hydroxylation is 1. The smallest absolute Gasteiger partial charge is 0.273 e. The van der Waals surface area contributed by atoms with Crippen molar-refractivity contribution in [3.63, 3.8) is 0 Å². The highest BCUT2D eigenvalue weighted by Crippen LogP contribution is 2.27. The molecule has 0 atom stereocenters. The molecular weight excluding hydrogens is 266 g/mol. The van der Waals surface area contributed by atoms with Crippen molar-refractivity contribution in [2.75, 3.05) is 11.1 Å². The molecule has 2 rings (SSSR count). The van der Waals surface area contributed by atoms with Gasteiger partial charge in [0.25, 0.3) is 5.69 Å². The maximum atomic E-state index is 10.8. The van der Waals surface area contributed by atoms with Crippen LogP contribution in [0.15, 0.2) is 36.4 Å². The Kier molecular flexibility index (Phi) is 3.57. The topological polar surface area (TPSA) is 81.2 Å². The van der Waals surface area contributed by atoms with E-state index in [2.05, 4.69) is 5.32 Å². The number of hydrogen-bond donors (Lipinski definition) is 2. The minimum atomic E-state index is -0.482. The molecule has 98 valence electrons. The van der Waals surface area contributed by atoms with Crippen LogP contribution in [0, 0.1) is 17.0 Å². The fourth-order valence-corrected chi connectivity index (χ4v) is 1.83. The van der Waals surface area contributed by atoms with Crippen LogP contribution in [0.25, 0.3) is 0 Å². The van der Waals surface area contributed by atoms with Crippen LogP contribution in [0.2, 0.25) is 5.02 Å².